The normalized spacial score (nSPS) is 13.6. The van der Waals surface area contributed by atoms with Crippen LogP contribution in [0.15, 0.2) is 42.6 Å². The number of benzene rings is 1. The Morgan fingerprint density at radius 2 is 1.71 bits per heavy atom. The van der Waals surface area contributed by atoms with Gasteiger partial charge in [-0.05, 0) is 71.7 Å². The monoisotopic (exact) mass is 473 g/mol. The summed E-state index contributed by atoms with van der Waals surface area (Å²) < 4.78 is 25.6. The number of ether oxygens (including phenoxy) is 2. The van der Waals surface area contributed by atoms with Crippen molar-refractivity contribution in [2.24, 2.45) is 0 Å². The number of carbonyl (C=O) groups is 2. The summed E-state index contributed by atoms with van der Waals surface area (Å²) in [4.78, 5) is 29.9. The summed E-state index contributed by atoms with van der Waals surface area (Å²) in [6.45, 7) is 11.0. The lowest BCUT2D eigenvalue weighted by atomic mass is 9.95. The Balaban J connectivity index is 2.34. The molecule has 0 radical (unpaired) electrons. The summed E-state index contributed by atoms with van der Waals surface area (Å²) in [7, 11) is 1.51. The number of carbonyl (C=O) groups excluding carboxylic acids is 2. The predicted molar refractivity (Wildman–Crippen MR) is 129 cm³/mol. The third-order valence-corrected chi connectivity index (χ3v) is 4.87. The van der Waals surface area contributed by atoms with Gasteiger partial charge >= 0.3 is 6.09 Å². The molecule has 0 fully saturated rings. The van der Waals surface area contributed by atoms with E-state index in [-0.39, 0.29) is 24.6 Å². The van der Waals surface area contributed by atoms with Gasteiger partial charge in [0.2, 0.25) is 0 Å². The van der Waals surface area contributed by atoms with Gasteiger partial charge in [-0.3, -0.25) is 9.78 Å². The average molecular weight is 474 g/mol. The Morgan fingerprint density at radius 1 is 1.03 bits per heavy atom. The zero-order chi connectivity index (χ0) is 25.5. The molecule has 2 aromatic rings. The van der Waals surface area contributed by atoms with Gasteiger partial charge in [0.05, 0.1) is 23.4 Å². The van der Waals surface area contributed by atoms with Gasteiger partial charge < -0.3 is 20.1 Å². The number of rotatable bonds is 8. The maximum atomic E-state index is 14.4. The second kappa shape index (κ2) is 11.4. The van der Waals surface area contributed by atoms with Crippen molar-refractivity contribution in [2.45, 2.75) is 77.7 Å². The van der Waals surface area contributed by atoms with Crippen LogP contribution in [0.25, 0.3) is 0 Å². The van der Waals surface area contributed by atoms with E-state index < -0.39 is 29.4 Å². The van der Waals surface area contributed by atoms with E-state index in [1.165, 1.54) is 13.2 Å². The van der Waals surface area contributed by atoms with E-state index in [1.54, 1.807) is 57.3 Å². The van der Waals surface area contributed by atoms with Crippen LogP contribution >= 0.6 is 0 Å². The molecular formula is C26H36FN3O4. The first-order valence-electron chi connectivity index (χ1n) is 11.3. The van der Waals surface area contributed by atoms with Crippen LogP contribution in [0.5, 0.6) is 0 Å². The maximum absolute atomic E-state index is 14.4. The molecule has 186 valence electrons. The molecule has 0 spiro atoms. The first kappa shape index (κ1) is 27.2. The Bertz CT molecular complexity index is 982. The molecule has 0 aliphatic rings. The standard InChI is InChI=1S/C26H36FN3O4/c1-25(2,3)30-23(31)18-12-10-14-28-20(18)16-22(33-7)21(29-24(32)34-26(4,5)6)15-17-11-8-9-13-19(17)27/h8-14,21-22H,15-16H2,1-7H3,(H,29,32)(H,30,31)/t21-,22-/m1/s1. The van der Waals surface area contributed by atoms with Crippen molar-refractivity contribution in [1.82, 2.24) is 15.6 Å². The first-order valence-corrected chi connectivity index (χ1v) is 11.3. The van der Waals surface area contributed by atoms with Gasteiger partial charge in [-0.2, -0.15) is 0 Å². The summed E-state index contributed by atoms with van der Waals surface area (Å²) in [5, 5.41) is 5.77. The van der Waals surface area contributed by atoms with E-state index >= 15 is 0 Å². The van der Waals surface area contributed by atoms with Crippen LogP contribution in [0.2, 0.25) is 0 Å². The minimum Gasteiger partial charge on any atom is -0.444 e. The molecular weight excluding hydrogens is 437 g/mol. The van der Waals surface area contributed by atoms with E-state index in [0.29, 0.717) is 16.8 Å². The van der Waals surface area contributed by atoms with Crippen molar-refractivity contribution >= 4 is 12.0 Å². The number of nitrogens with one attached hydrogen (secondary N) is 2. The third kappa shape index (κ3) is 8.74. The molecule has 2 N–H and O–H groups in total. The lowest BCUT2D eigenvalue weighted by Crippen LogP contribution is -2.48. The molecule has 2 amide bonds. The smallest absolute Gasteiger partial charge is 0.407 e. The highest BCUT2D eigenvalue weighted by Crippen LogP contribution is 2.18. The van der Waals surface area contributed by atoms with Crippen LogP contribution in [0, 0.1) is 5.82 Å². The Kier molecular flexibility index (Phi) is 9.15. The number of hydrogen-bond acceptors (Lipinski definition) is 5. The zero-order valence-corrected chi connectivity index (χ0v) is 21.1. The summed E-state index contributed by atoms with van der Waals surface area (Å²) >= 11 is 0. The Hall–Kier alpha value is -3.00. The molecule has 1 aromatic carbocycles. The highest BCUT2D eigenvalue weighted by atomic mass is 19.1. The zero-order valence-electron chi connectivity index (χ0n) is 21.1. The van der Waals surface area contributed by atoms with Crippen molar-refractivity contribution in [3.8, 4) is 0 Å². The number of alkyl carbamates (subject to hydrolysis) is 1. The molecule has 34 heavy (non-hydrogen) atoms. The largest absolute Gasteiger partial charge is 0.444 e. The SMILES string of the molecule is CO[C@H](Cc1ncccc1C(=O)NC(C)(C)C)[C@@H](Cc1ccccc1F)NC(=O)OC(C)(C)C. The summed E-state index contributed by atoms with van der Waals surface area (Å²) in [5.74, 6) is -0.632. The Labute approximate surface area is 201 Å². The highest BCUT2D eigenvalue weighted by molar-refractivity contribution is 5.95. The number of halogens is 1. The fourth-order valence-electron chi connectivity index (χ4n) is 3.43. The van der Waals surface area contributed by atoms with Gasteiger partial charge in [-0.15, -0.1) is 0 Å². The molecule has 0 bridgehead atoms. The van der Waals surface area contributed by atoms with E-state index in [2.05, 4.69) is 15.6 Å². The van der Waals surface area contributed by atoms with Crippen molar-refractivity contribution in [1.29, 1.82) is 0 Å². The Morgan fingerprint density at radius 3 is 2.29 bits per heavy atom. The van der Waals surface area contributed by atoms with E-state index in [4.69, 9.17) is 9.47 Å². The molecule has 2 atom stereocenters. The fraction of sp³-hybridized carbons (Fsp3) is 0.500. The van der Waals surface area contributed by atoms with Crippen LogP contribution in [-0.2, 0) is 22.3 Å². The second-order valence-electron chi connectivity index (χ2n) is 10.2. The maximum Gasteiger partial charge on any atom is 0.407 e. The lowest BCUT2D eigenvalue weighted by Gasteiger charge is -2.29. The van der Waals surface area contributed by atoms with Crippen LogP contribution in [0.3, 0.4) is 0 Å². The van der Waals surface area contributed by atoms with Crippen LogP contribution in [0.4, 0.5) is 9.18 Å². The van der Waals surface area contributed by atoms with E-state index in [1.807, 2.05) is 20.8 Å². The van der Waals surface area contributed by atoms with Gasteiger partial charge in [0.25, 0.3) is 5.91 Å². The number of hydrogen-bond donors (Lipinski definition) is 2. The molecule has 0 saturated carbocycles. The number of aromatic nitrogens is 1. The minimum atomic E-state index is -0.700. The molecule has 0 unspecified atom stereocenters. The van der Waals surface area contributed by atoms with Crippen LogP contribution in [0.1, 0.15) is 63.2 Å². The van der Waals surface area contributed by atoms with Crippen LogP contribution in [-0.4, -0.2) is 47.4 Å². The second-order valence-corrected chi connectivity index (χ2v) is 10.2. The molecule has 0 saturated heterocycles. The molecule has 0 aliphatic carbocycles. The minimum absolute atomic E-state index is 0.167. The van der Waals surface area contributed by atoms with E-state index in [0.717, 1.165) is 0 Å². The van der Waals surface area contributed by atoms with Crippen molar-refractivity contribution in [3.05, 3.63) is 65.2 Å². The summed E-state index contributed by atoms with van der Waals surface area (Å²) in [5.41, 5.74) is 0.240. The molecule has 0 aliphatic heterocycles. The fourth-order valence-corrected chi connectivity index (χ4v) is 3.43. The van der Waals surface area contributed by atoms with Gasteiger partial charge in [-0.1, -0.05) is 18.2 Å². The van der Waals surface area contributed by atoms with Crippen molar-refractivity contribution in [2.75, 3.05) is 7.11 Å². The molecule has 8 heteroatoms. The number of methoxy groups -OCH3 is 1. The number of pyridine rings is 1. The summed E-state index contributed by atoms with van der Waals surface area (Å²) in [6, 6.07) is 9.12. The number of nitrogens with zero attached hydrogens (tertiary/aromatic N) is 1. The first-order chi connectivity index (χ1) is 15.8. The highest BCUT2D eigenvalue weighted by Gasteiger charge is 2.29. The van der Waals surface area contributed by atoms with Gasteiger partial charge in [0.15, 0.2) is 0 Å². The lowest BCUT2D eigenvalue weighted by molar-refractivity contribution is 0.0329. The molecule has 2 rings (SSSR count). The van der Waals surface area contributed by atoms with E-state index in [9.17, 15) is 14.0 Å². The predicted octanol–water partition coefficient (Wildman–Crippen LogP) is 4.44. The summed E-state index contributed by atoms with van der Waals surface area (Å²) in [6.07, 6.45) is 0.744. The third-order valence-electron chi connectivity index (χ3n) is 4.87. The van der Waals surface area contributed by atoms with Crippen molar-refractivity contribution < 1.29 is 23.5 Å². The van der Waals surface area contributed by atoms with Crippen molar-refractivity contribution in [3.63, 3.8) is 0 Å². The number of amides is 2. The average Bonchev–Trinajstić information content (AvgIpc) is 2.70. The van der Waals surface area contributed by atoms with Gasteiger partial charge in [0.1, 0.15) is 11.4 Å². The topological polar surface area (TPSA) is 89.5 Å². The quantitative estimate of drug-likeness (QED) is 0.592. The van der Waals surface area contributed by atoms with Crippen LogP contribution < -0.4 is 10.6 Å². The van der Waals surface area contributed by atoms with Gasteiger partial charge in [0, 0.05) is 25.3 Å². The molecule has 7 nitrogen and oxygen atoms in total. The van der Waals surface area contributed by atoms with Gasteiger partial charge in [-0.25, -0.2) is 9.18 Å². The molecule has 1 heterocycles. The molecule has 1 aromatic heterocycles.